The summed E-state index contributed by atoms with van der Waals surface area (Å²) in [5.41, 5.74) is 2.24. The fraction of sp³-hybridized carbons (Fsp3) is 0.111. The van der Waals surface area contributed by atoms with Crippen molar-refractivity contribution < 1.29 is 19.1 Å². The zero-order chi connectivity index (χ0) is 16.6. The Labute approximate surface area is 137 Å². The number of furan rings is 1. The molecular formula is C18H14O4S. The fourth-order valence-electron chi connectivity index (χ4n) is 2.47. The smallest absolute Gasteiger partial charge is 0.335 e. The lowest BCUT2D eigenvalue weighted by molar-refractivity contribution is 0.0695. The second-order valence-corrected chi connectivity index (χ2v) is 6.19. The Balaban J connectivity index is 1.97. The molecule has 0 fully saturated rings. The molecule has 3 aromatic rings. The summed E-state index contributed by atoms with van der Waals surface area (Å²) >= 11 is 0.988. The second kappa shape index (κ2) is 5.93. The number of carboxylic acids is 1. The summed E-state index contributed by atoms with van der Waals surface area (Å²) in [5.74, 6) is -0.700. The maximum atomic E-state index is 12.6. The average Bonchev–Trinajstić information content (AvgIpc) is 2.87. The molecule has 1 heterocycles. The van der Waals surface area contributed by atoms with Crippen molar-refractivity contribution >= 4 is 33.8 Å². The molecule has 0 aliphatic carbocycles. The Hall–Kier alpha value is -2.53. The van der Waals surface area contributed by atoms with Crippen molar-refractivity contribution in [2.24, 2.45) is 0 Å². The number of rotatable bonds is 3. The van der Waals surface area contributed by atoms with E-state index in [4.69, 9.17) is 9.52 Å². The molecule has 0 unspecified atom stereocenters. The third kappa shape index (κ3) is 2.75. The molecule has 0 aliphatic rings. The highest BCUT2D eigenvalue weighted by molar-refractivity contribution is 8.14. The van der Waals surface area contributed by atoms with Crippen LogP contribution in [0.2, 0.25) is 0 Å². The van der Waals surface area contributed by atoms with Crippen molar-refractivity contribution in [1.82, 2.24) is 0 Å². The first kappa shape index (κ1) is 15.4. The lowest BCUT2D eigenvalue weighted by Crippen LogP contribution is -2.01. The molecule has 1 N–H and O–H groups in total. The van der Waals surface area contributed by atoms with Crippen LogP contribution in [0.1, 0.15) is 32.0 Å². The van der Waals surface area contributed by atoms with Gasteiger partial charge in [0.2, 0.25) is 0 Å². The first-order chi connectivity index (χ1) is 11.0. The minimum atomic E-state index is -1.00. The lowest BCUT2D eigenvalue weighted by Gasteiger charge is -2.06. The molecule has 1 aromatic heterocycles. The van der Waals surface area contributed by atoms with E-state index in [2.05, 4.69) is 0 Å². The molecule has 0 saturated heterocycles. The molecule has 0 saturated carbocycles. The SMILES string of the molecule is Cc1c(SC(=O)c2oc3ccccc3c2C)cccc1C(=O)O. The van der Waals surface area contributed by atoms with E-state index in [1.165, 1.54) is 6.07 Å². The standard InChI is InChI=1S/C18H14O4S/c1-10-13(17(19)20)7-5-9-15(10)23-18(21)16-11(2)12-6-3-4-8-14(12)22-16/h3-9H,1-2H3,(H,19,20). The zero-order valence-electron chi connectivity index (χ0n) is 12.6. The van der Waals surface area contributed by atoms with Crippen LogP contribution in [0.15, 0.2) is 51.8 Å². The summed E-state index contributed by atoms with van der Waals surface area (Å²) in [7, 11) is 0. The number of carbonyl (C=O) groups is 2. The number of aromatic carboxylic acids is 1. The summed E-state index contributed by atoms with van der Waals surface area (Å²) in [4.78, 5) is 24.4. The van der Waals surface area contributed by atoms with Crippen LogP contribution in [0.3, 0.4) is 0 Å². The molecule has 2 aromatic carbocycles. The van der Waals surface area contributed by atoms with Gasteiger partial charge in [0.25, 0.3) is 5.12 Å². The predicted molar refractivity (Wildman–Crippen MR) is 89.3 cm³/mol. The van der Waals surface area contributed by atoms with Crippen molar-refractivity contribution in [2.45, 2.75) is 18.7 Å². The van der Waals surface area contributed by atoms with E-state index in [0.717, 1.165) is 22.7 Å². The van der Waals surface area contributed by atoms with Crippen LogP contribution in [0.5, 0.6) is 0 Å². The van der Waals surface area contributed by atoms with Crippen LogP contribution in [0, 0.1) is 13.8 Å². The summed E-state index contributed by atoms with van der Waals surface area (Å²) in [6.45, 7) is 3.55. The number of para-hydroxylation sites is 1. The van der Waals surface area contributed by atoms with E-state index in [0.29, 0.717) is 21.8 Å². The van der Waals surface area contributed by atoms with Gasteiger partial charge >= 0.3 is 5.97 Å². The first-order valence-electron chi connectivity index (χ1n) is 7.02. The third-order valence-corrected chi connectivity index (χ3v) is 4.78. The molecule has 0 radical (unpaired) electrons. The van der Waals surface area contributed by atoms with E-state index < -0.39 is 5.97 Å². The Bertz CT molecular complexity index is 924. The summed E-state index contributed by atoms with van der Waals surface area (Å²) < 4.78 is 5.66. The third-order valence-electron chi connectivity index (χ3n) is 3.75. The van der Waals surface area contributed by atoms with Gasteiger partial charge in [0.1, 0.15) is 5.58 Å². The van der Waals surface area contributed by atoms with Gasteiger partial charge in [-0.15, -0.1) is 0 Å². The molecule has 4 nitrogen and oxygen atoms in total. The van der Waals surface area contributed by atoms with Crippen molar-refractivity contribution in [2.75, 3.05) is 0 Å². The van der Waals surface area contributed by atoms with Crippen molar-refractivity contribution in [1.29, 1.82) is 0 Å². The number of carbonyl (C=O) groups excluding carboxylic acids is 1. The van der Waals surface area contributed by atoms with Crippen LogP contribution >= 0.6 is 11.8 Å². The summed E-state index contributed by atoms with van der Waals surface area (Å²) in [5, 5.41) is 9.85. The maximum absolute atomic E-state index is 12.6. The number of hydrogen-bond acceptors (Lipinski definition) is 4. The Kier molecular flexibility index (Phi) is 3.96. The van der Waals surface area contributed by atoms with E-state index in [9.17, 15) is 9.59 Å². The van der Waals surface area contributed by atoms with E-state index in [1.807, 2.05) is 31.2 Å². The van der Waals surface area contributed by atoms with Gasteiger partial charge in [-0.2, -0.15) is 0 Å². The zero-order valence-corrected chi connectivity index (χ0v) is 13.4. The maximum Gasteiger partial charge on any atom is 0.335 e. The van der Waals surface area contributed by atoms with Crippen LogP contribution in [0.25, 0.3) is 11.0 Å². The van der Waals surface area contributed by atoms with Crippen LogP contribution in [0.4, 0.5) is 0 Å². The van der Waals surface area contributed by atoms with Crippen LogP contribution < -0.4 is 0 Å². The molecule has 0 atom stereocenters. The van der Waals surface area contributed by atoms with Gasteiger partial charge in [0.15, 0.2) is 5.76 Å². The van der Waals surface area contributed by atoms with Crippen LogP contribution in [-0.4, -0.2) is 16.2 Å². The highest BCUT2D eigenvalue weighted by Crippen LogP contribution is 2.32. The molecule has 116 valence electrons. The van der Waals surface area contributed by atoms with Gasteiger partial charge in [0, 0.05) is 15.8 Å². The topological polar surface area (TPSA) is 67.5 Å². The van der Waals surface area contributed by atoms with Crippen molar-refractivity contribution in [3.05, 3.63) is 64.9 Å². The molecule has 0 aliphatic heterocycles. The van der Waals surface area contributed by atoms with Gasteiger partial charge in [-0.05, 0) is 49.4 Å². The number of aryl methyl sites for hydroxylation is 1. The number of fused-ring (bicyclic) bond motifs is 1. The molecule has 3 rings (SSSR count). The number of hydrogen-bond donors (Lipinski definition) is 1. The highest BCUT2D eigenvalue weighted by Gasteiger charge is 2.20. The van der Waals surface area contributed by atoms with Crippen molar-refractivity contribution in [3.8, 4) is 0 Å². The first-order valence-corrected chi connectivity index (χ1v) is 7.84. The summed E-state index contributed by atoms with van der Waals surface area (Å²) in [6, 6.07) is 12.4. The van der Waals surface area contributed by atoms with Gasteiger partial charge in [-0.3, -0.25) is 4.79 Å². The quantitative estimate of drug-likeness (QED) is 0.708. The van der Waals surface area contributed by atoms with Crippen LogP contribution in [-0.2, 0) is 0 Å². The normalized spacial score (nSPS) is 10.9. The number of thioether (sulfide) groups is 1. The minimum Gasteiger partial charge on any atom is -0.478 e. The van der Waals surface area contributed by atoms with E-state index in [1.54, 1.807) is 19.1 Å². The molecule has 0 bridgehead atoms. The van der Waals surface area contributed by atoms with E-state index in [-0.39, 0.29) is 10.7 Å². The number of benzene rings is 2. The highest BCUT2D eigenvalue weighted by atomic mass is 32.2. The van der Waals surface area contributed by atoms with Gasteiger partial charge in [-0.25, -0.2) is 4.79 Å². The monoisotopic (exact) mass is 326 g/mol. The molecule has 0 amide bonds. The molecule has 0 spiro atoms. The fourth-order valence-corrected chi connectivity index (χ4v) is 3.37. The molecule has 23 heavy (non-hydrogen) atoms. The van der Waals surface area contributed by atoms with Gasteiger partial charge in [-0.1, -0.05) is 24.3 Å². The average molecular weight is 326 g/mol. The minimum absolute atomic E-state index is 0.198. The molecular weight excluding hydrogens is 312 g/mol. The van der Waals surface area contributed by atoms with E-state index >= 15 is 0 Å². The molecule has 5 heteroatoms. The predicted octanol–water partition coefficient (Wildman–Crippen LogP) is 4.68. The lowest BCUT2D eigenvalue weighted by atomic mass is 10.1. The number of carboxylic acid groups (broad SMARTS) is 1. The Morgan fingerprint density at radius 3 is 2.43 bits per heavy atom. The Morgan fingerprint density at radius 1 is 1.00 bits per heavy atom. The van der Waals surface area contributed by atoms with Crippen molar-refractivity contribution in [3.63, 3.8) is 0 Å². The largest absolute Gasteiger partial charge is 0.478 e. The Morgan fingerprint density at radius 2 is 1.74 bits per heavy atom. The second-order valence-electron chi connectivity index (χ2n) is 5.18. The van der Waals surface area contributed by atoms with Gasteiger partial charge in [0.05, 0.1) is 5.56 Å². The van der Waals surface area contributed by atoms with Gasteiger partial charge < -0.3 is 9.52 Å². The summed E-state index contributed by atoms with van der Waals surface area (Å²) in [6.07, 6.45) is 0.